The Labute approximate surface area is 219 Å². The zero-order valence-corrected chi connectivity index (χ0v) is 22.2. The first-order valence-electron chi connectivity index (χ1n) is 12.0. The first-order valence-corrected chi connectivity index (χ1v) is 12.4. The predicted octanol–water partition coefficient (Wildman–Crippen LogP) is 5.41. The number of imide groups is 1. The number of likely N-dealkylation sites (N-methyl/N-ethyl adjacent to an activating group) is 1. The van der Waals surface area contributed by atoms with E-state index in [4.69, 9.17) is 21.3 Å². The molecule has 8 nitrogen and oxygen atoms in total. The number of anilines is 2. The SMILES string of the molecule is Cc1cc(N2C(=O)N(C(=O)OC(C)(C)C)C[C@H]2C(=O)N(C)c2ccc(F)c(Cl)c2F)nc2c1CCCC2. The summed E-state index contributed by atoms with van der Waals surface area (Å²) in [5, 5.41) is -0.751. The summed E-state index contributed by atoms with van der Waals surface area (Å²) in [4.78, 5) is 47.7. The Bertz CT molecular complexity index is 1280. The van der Waals surface area contributed by atoms with Crippen LogP contribution in [0.3, 0.4) is 0 Å². The first kappa shape index (κ1) is 26.8. The lowest BCUT2D eigenvalue weighted by Crippen LogP contribution is -2.47. The van der Waals surface area contributed by atoms with Crippen LogP contribution in [0.25, 0.3) is 0 Å². The van der Waals surface area contributed by atoms with Gasteiger partial charge in [-0.3, -0.25) is 9.69 Å². The van der Waals surface area contributed by atoms with E-state index in [1.54, 1.807) is 26.8 Å². The summed E-state index contributed by atoms with van der Waals surface area (Å²) >= 11 is 5.72. The van der Waals surface area contributed by atoms with E-state index >= 15 is 0 Å². The minimum Gasteiger partial charge on any atom is -0.443 e. The summed E-state index contributed by atoms with van der Waals surface area (Å²) in [5.41, 5.74) is 1.75. The van der Waals surface area contributed by atoms with E-state index in [1.807, 2.05) is 6.92 Å². The molecule has 0 radical (unpaired) electrons. The highest BCUT2D eigenvalue weighted by molar-refractivity contribution is 6.31. The Hall–Kier alpha value is -3.27. The maximum absolute atomic E-state index is 14.7. The van der Waals surface area contributed by atoms with Gasteiger partial charge in [0.15, 0.2) is 5.82 Å². The number of halogens is 3. The zero-order valence-electron chi connectivity index (χ0n) is 21.4. The molecule has 11 heteroatoms. The van der Waals surface area contributed by atoms with Crippen molar-refractivity contribution in [2.75, 3.05) is 23.4 Å². The number of benzene rings is 1. The monoisotopic (exact) mass is 534 g/mol. The molecule has 1 saturated heterocycles. The second-order valence-corrected chi connectivity index (χ2v) is 10.7. The van der Waals surface area contributed by atoms with Crippen molar-refractivity contribution in [2.24, 2.45) is 0 Å². The van der Waals surface area contributed by atoms with E-state index in [1.165, 1.54) is 7.05 Å². The molecule has 0 N–H and O–H groups in total. The van der Waals surface area contributed by atoms with Crippen molar-refractivity contribution in [3.05, 3.63) is 51.7 Å². The van der Waals surface area contributed by atoms with Gasteiger partial charge in [-0.2, -0.15) is 0 Å². The van der Waals surface area contributed by atoms with Crippen LogP contribution in [0.5, 0.6) is 0 Å². The number of carbonyl (C=O) groups excluding carboxylic acids is 3. The number of hydrogen-bond acceptors (Lipinski definition) is 5. The smallest absolute Gasteiger partial charge is 0.418 e. The van der Waals surface area contributed by atoms with Gasteiger partial charge in [0.1, 0.15) is 28.3 Å². The Balaban J connectivity index is 1.75. The van der Waals surface area contributed by atoms with E-state index in [2.05, 4.69) is 0 Å². The topological polar surface area (TPSA) is 83.1 Å². The molecule has 0 bridgehead atoms. The van der Waals surface area contributed by atoms with Crippen LogP contribution in [0.4, 0.5) is 29.9 Å². The predicted molar refractivity (Wildman–Crippen MR) is 135 cm³/mol. The third-order valence-electron chi connectivity index (χ3n) is 6.47. The number of carbonyl (C=O) groups is 3. The van der Waals surface area contributed by atoms with Gasteiger partial charge in [0.2, 0.25) is 0 Å². The molecule has 0 unspecified atom stereocenters. The van der Waals surface area contributed by atoms with Crippen molar-refractivity contribution in [2.45, 2.75) is 65.0 Å². The molecule has 2 aromatic rings. The molecule has 37 heavy (non-hydrogen) atoms. The van der Waals surface area contributed by atoms with Gasteiger partial charge in [-0.15, -0.1) is 0 Å². The van der Waals surface area contributed by atoms with Crippen LogP contribution in [0.2, 0.25) is 5.02 Å². The number of rotatable bonds is 3. The molecular weight excluding hydrogens is 506 g/mol. The van der Waals surface area contributed by atoms with E-state index in [0.717, 1.165) is 69.3 Å². The summed E-state index contributed by atoms with van der Waals surface area (Å²) < 4.78 is 33.8. The average Bonchev–Trinajstić information content (AvgIpc) is 3.18. The normalized spacial score (nSPS) is 17.6. The van der Waals surface area contributed by atoms with Crippen LogP contribution in [0.1, 0.15) is 50.4 Å². The van der Waals surface area contributed by atoms with E-state index < -0.39 is 46.3 Å². The van der Waals surface area contributed by atoms with Crippen LogP contribution in [0.15, 0.2) is 18.2 Å². The van der Waals surface area contributed by atoms with Crippen molar-refractivity contribution in [3.8, 4) is 0 Å². The first-order chi connectivity index (χ1) is 17.3. The molecule has 1 aromatic heterocycles. The van der Waals surface area contributed by atoms with E-state index in [-0.39, 0.29) is 18.1 Å². The lowest BCUT2D eigenvalue weighted by molar-refractivity contribution is -0.119. The summed E-state index contributed by atoms with van der Waals surface area (Å²) in [6.45, 7) is 6.56. The summed E-state index contributed by atoms with van der Waals surface area (Å²) in [5.74, 6) is -2.57. The van der Waals surface area contributed by atoms with Gasteiger partial charge in [0.25, 0.3) is 5.91 Å². The van der Waals surface area contributed by atoms with Crippen LogP contribution in [-0.4, -0.2) is 53.2 Å². The minimum atomic E-state index is -1.23. The molecule has 4 rings (SSSR count). The number of fused-ring (bicyclic) bond motifs is 1. The minimum absolute atomic E-state index is 0.221. The fraction of sp³-hybridized carbons (Fsp3) is 0.462. The van der Waals surface area contributed by atoms with E-state index in [0.29, 0.717) is 0 Å². The molecule has 1 atom stereocenters. The van der Waals surface area contributed by atoms with Crippen molar-refractivity contribution in [1.29, 1.82) is 0 Å². The third-order valence-corrected chi connectivity index (χ3v) is 6.81. The van der Waals surface area contributed by atoms with Gasteiger partial charge in [0.05, 0.1) is 12.2 Å². The average molecular weight is 535 g/mol. The van der Waals surface area contributed by atoms with E-state index in [9.17, 15) is 23.2 Å². The molecule has 1 aliphatic heterocycles. The van der Waals surface area contributed by atoms with Gasteiger partial charge in [-0.1, -0.05) is 11.6 Å². The number of aryl methyl sites for hydroxylation is 2. The van der Waals surface area contributed by atoms with Crippen molar-refractivity contribution in [1.82, 2.24) is 9.88 Å². The Kier molecular flexibility index (Phi) is 7.16. The number of nitrogens with zero attached hydrogens (tertiary/aromatic N) is 4. The fourth-order valence-corrected chi connectivity index (χ4v) is 4.80. The molecule has 1 fully saturated rings. The molecular formula is C26H29ClF2N4O4. The highest BCUT2D eigenvalue weighted by atomic mass is 35.5. The zero-order chi connectivity index (χ0) is 27.2. The maximum Gasteiger partial charge on any atom is 0.418 e. The standard InChI is InChI=1S/C26H29ClF2N4O4/c1-14-12-20(30-17-9-7-6-8-15(14)17)33-19(13-32(24(33)35)25(36)37-26(2,3)4)23(34)31(5)18-11-10-16(28)21(27)22(18)29/h10-12,19H,6-9,13H2,1-5H3/t19-/m0/s1. The molecule has 198 valence electrons. The molecule has 2 aliphatic rings. The van der Waals surface area contributed by atoms with Crippen LogP contribution in [0, 0.1) is 18.6 Å². The van der Waals surface area contributed by atoms with Crippen molar-refractivity contribution in [3.63, 3.8) is 0 Å². The van der Waals surface area contributed by atoms with Crippen LogP contribution in [-0.2, 0) is 22.4 Å². The van der Waals surface area contributed by atoms with Crippen molar-refractivity contribution < 1.29 is 27.9 Å². The Morgan fingerprint density at radius 1 is 1.19 bits per heavy atom. The number of aromatic nitrogens is 1. The van der Waals surface area contributed by atoms with Crippen LogP contribution < -0.4 is 9.80 Å². The second kappa shape index (κ2) is 9.89. The highest BCUT2D eigenvalue weighted by Gasteiger charge is 2.48. The third kappa shape index (κ3) is 5.12. The summed E-state index contributed by atoms with van der Waals surface area (Å²) in [7, 11) is 1.29. The summed E-state index contributed by atoms with van der Waals surface area (Å²) in [6, 6.07) is 1.74. The second-order valence-electron chi connectivity index (χ2n) is 10.3. The van der Waals surface area contributed by atoms with Gasteiger partial charge in [-0.05, 0) is 82.7 Å². The molecule has 4 amide bonds. The molecule has 1 aliphatic carbocycles. The van der Waals surface area contributed by atoms with Gasteiger partial charge >= 0.3 is 12.1 Å². The van der Waals surface area contributed by atoms with Gasteiger partial charge in [0, 0.05) is 12.7 Å². The number of hydrogen-bond donors (Lipinski definition) is 0. The van der Waals surface area contributed by atoms with Gasteiger partial charge < -0.3 is 9.64 Å². The lowest BCUT2D eigenvalue weighted by atomic mass is 9.92. The number of pyridine rings is 1. The van der Waals surface area contributed by atoms with Crippen LogP contribution >= 0.6 is 11.6 Å². The largest absolute Gasteiger partial charge is 0.443 e. The molecule has 0 saturated carbocycles. The molecule has 2 heterocycles. The molecule has 1 aromatic carbocycles. The molecule has 0 spiro atoms. The fourth-order valence-electron chi connectivity index (χ4n) is 4.64. The van der Waals surface area contributed by atoms with Crippen molar-refractivity contribution >= 4 is 41.1 Å². The summed E-state index contributed by atoms with van der Waals surface area (Å²) in [6.07, 6.45) is 2.70. The quantitative estimate of drug-likeness (QED) is 0.492. The number of urea groups is 1. The highest BCUT2D eigenvalue weighted by Crippen LogP contribution is 2.33. The maximum atomic E-state index is 14.7. The number of ether oxygens (including phenoxy) is 1. The Morgan fingerprint density at radius 3 is 2.54 bits per heavy atom. The van der Waals surface area contributed by atoms with Gasteiger partial charge in [-0.25, -0.2) is 28.3 Å². The lowest BCUT2D eigenvalue weighted by Gasteiger charge is -2.28. The number of amides is 4. The Morgan fingerprint density at radius 2 is 1.86 bits per heavy atom.